The van der Waals surface area contributed by atoms with Gasteiger partial charge in [-0.3, -0.25) is 4.79 Å². The third-order valence-corrected chi connectivity index (χ3v) is 3.67. The van der Waals surface area contributed by atoms with Gasteiger partial charge in [0, 0.05) is 19.6 Å². The molecular weight excluding hydrogens is 252 g/mol. The third kappa shape index (κ3) is 3.52. The van der Waals surface area contributed by atoms with Crippen molar-refractivity contribution in [3.8, 4) is 0 Å². The zero-order valence-electron chi connectivity index (χ0n) is 10.3. The largest absolute Gasteiger partial charge is 0.387 e. The van der Waals surface area contributed by atoms with Gasteiger partial charge in [-0.25, -0.2) is 0 Å². The number of hydrogen-bond donors (Lipinski definition) is 3. The van der Waals surface area contributed by atoms with Crippen LogP contribution < -0.4 is 10.6 Å². The molecule has 0 saturated carbocycles. The second-order valence-electron chi connectivity index (χ2n) is 4.72. The molecule has 0 radical (unpaired) electrons. The average Bonchev–Trinajstić information content (AvgIpc) is 2.84. The van der Waals surface area contributed by atoms with Crippen molar-refractivity contribution in [1.29, 1.82) is 0 Å². The zero-order valence-corrected chi connectivity index (χ0v) is 11.1. The van der Waals surface area contributed by atoms with Gasteiger partial charge in [0.25, 0.3) is 0 Å². The number of aliphatic hydroxyl groups is 1. The molecule has 6 heteroatoms. The van der Waals surface area contributed by atoms with Crippen LogP contribution in [0.2, 0.25) is 0 Å². The molecule has 5 nitrogen and oxygen atoms in total. The van der Waals surface area contributed by atoms with Crippen molar-refractivity contribution in [3.63, 3.8) is 0 Å². The molecule has 1 aliphatic heterocycles. The summed E-state index contributed by atoms with van der Waals surface area (Å²) in [6.07, 6.45) is -0.652. The molecule has 0 spiro atoms. The molecule has 2 heterocycles. The minimum absolute atomic E-state index is 0.0362. The lowest BCUT2D eigenvalue weighted by Gasteiger charge is -2.38. The number of ether oxygens (including phenoxy) is 1. The van der Waals surface area contributed by atoms with Crippen molar-refractivity contribution in [2.75, 3.05) is 26.2 Å². The quantitative estimate of drug-likeness (QED) is 0.694. The molecule has 0 aromatic carbocycles. The van der Waals surface area contributed by atoms with Crippen molar-refractivity contribution < 1.29 is 14.6 Å². The van der Waals surface area contributed by atoms with E-state index in [0.29, 0.717) is 0 Å². The Morgan fingerprint density at radius 2 is 2.50 bits per heavy atom. The van der Waals surface area contributed by atoms with E-state index in [1.54, 1.807) is 0 Å². The van der Waals surface area contributed by atoms with Gasteiger partial charge in [-0.1, -0.05) is 0 Å². The van der Waals surface area contributed by atoms with E-state index in [9.17, 15) is 9.90 Å². The minimum atomic E-state index is -0.652. The van der Waals surface area contributed by atoms with E-state index in [-0.39, 0.29) is 24.7 Å². The fraction of sp³-hybridized carbons (Fsp3) is 0.583. The van der Waals surface area contributed by atoms with Crippen LogP contribution in [-0.4, -0.2) is 42.9 Å². The van der Waals surface area contributed by atoms with E-state index in [0.717, 1.165) is 18.7 Å². The molecule has 1 saturated heterocycles. The Morgan fingerprint density at radius 1 is 1.72 bits per heavy atom. The predicted octanol–water partition coefficient (Wildman–Crippen LogP) is 0.276. The van der Waals surface area contributed by atoms with Crippen molar-refractivity contribution in [1.82, 2.24) is 10.6 Å². The molecule has 1 fully saturated rings. The van der Waals surface area contributed by atoms with Crippen LogP contribution in [0.15, 0.2) is 16.8 Å². The van der Waals surface area contributed by atoms with Crippen LogP contribution in [0.25, 0.3) is 0 Å². The average molecular weight is 270 g/mol. The Balaban J connectivity index is 1.65. The summed E-state index contributed by atoms with van der Waals surface area (Å²) in [5.74, 6) is -0.197. The van der Waals surface area contributed by atoms with Gasteiger partial charge in [0.1, 0.15) is 6.61 Å². The number of hydrogen-bond acceptors (Lipinski definition) is 5. The van der Waals surface area contributed by atoms with Crippen molar-refractivity contribution in [2.24, 2.45) is 0 Å². The Kier molecular flexibility index (Phi) is 4.34. The van der Waals surface area contributed by atoms with Gasteiger partial charge >= 0.3 is 0 Å². The van der Waals surface area contributed by atoms with Crippen LogP contribution >= 0.6 is 11.3 Å². The second kappa shape index (κ2) is 5.79. The molecule has 2 rings (SSSR count). The lowest BCUT2D eigenvalue weighted by atomic mass is 10.0. The molecule has 18 heavy (non-hydrogen) atoms. The molecule has 1 atom stereocenters. The number of thiophene rings is 1. The van der Waals surface area contributed by atoms with Crippen LogP contribution in [0.3, 0.4) is 0 Å². The first kappa shape index (κ1) is 13.5. The number of aliphatic hydroxyl groups excluding tert-OH is 1. The van der Waals surface area contributed by atoms with Crippen LogP contribution in [0.4, 0.5) is 0 Å². The van der Waals surface area contributed by atoms with Gasteiger partial charge in [0.05, 0.1) is 11.7 Å². The van der Waals surface area contributed by atoms with Gasteiger partial charge in [-0.15, -0.1) is 0 Å². The highest BCUT2D eigenvalue weighted by molar-refractivity contribution is 7.07. The third-order valence-electron chi connectivity index (χ3n) is 2.97. The predicted molar refractivity (Wildman–Crippen MR) is 69.5 cm³/mol. The van der Waals surface area contributed by atoms with E-state index in [1.807, 2.05) is 23.8 Å². The second-order valence-corrected chi connectivity index (χ2v) is 5.50. The van der Waals surface area contributed by atoms with Crippen LogP contribution in [0.1, 0.15) is 18.6 Å². The minimum Gasteiger partial charge on any atom is -0.387 e. The number of rotatable bonds is 6. The van der Waals surface area contributed by atoms with Gasteiger partial charge in [-0.05, 0) is 29.3 Å². The molecule has 0 bridgehead atoms. The first-order valence-corrected chi connectivity index (χ1v) is 6.85. The van der Waals surface area contributed by atoms with E-state index in [1.165, 1.54) is 11.3 Å². The van der Waals surface area contributed by atoms with Crippen LogP contribution in [0.5, 0.6) is 0 Å². The molecule has 1 aromatic rings. The molecule has 1 aliphatic rings. The molecule has 1 unspecified atom stereocenters. The highest BCUT2D eigenvalue weighted by atomic mass is 32.1. The highest BCUT2D eigenvalue weighted by Gasteiger charge is 2.32. The van der Waals surface area contributed by atoms with E-state index < -0.39 is 6.10 Å². The Hall–Kier alpha value is -0.950. The smallest absolute Gasteiger partial charge is 0.246 e. The lowest BCUT2D eigenvalue weighted by molar-refractivity contribution is -0.136. The van der Waals surface area contributed by atoms with Crippen LogP contribution in [0, 0.1) is 0 Å². The molecule has 100 valence electrons. The summed E-state index contributed by atoms with van der Waals surface area (Å²) in [6, 6.07) is 1.85. The van der Waals surface area contributed by atoms with E-state index >= 15 is 0 Å². The number of carbonyl (C=O) groups excluding carboxylic acids is 1. The fourth-order valence-electron chi connectivity index (χ4n) is 1.66. The molecule has 0 aliphatic carbocycles. The Labute approximate surface area is 110 Å². The SMILES string of the molecule is CC1(OCC(=O)NCC(O)c2ccsc2)CNC1. The summed E-state index contributed by atoms with van der Waals surface area (Å²) in [5.41, 5.74) is 0.611. The van der Waals surface area contributed by atoms with Gasteiger partial charge < -0.3 is 20.5 Å². The summed E-state index contributed by atoms with van der Waals surface area (Å²) >= 11 is 1.52. The van der Waals surface area contributed by atoms with Gasteiger partial charge in [0.2, 0.25) is 5.91 Å². The maximum atomic E-state index is 11.5. The summed E-state index contributed by atoms with van der Waals surface area (Å²) in [6.45, 7) is 3.77. The normalized spacial score (nSPS) is 19.0. The standard InChI is InChI=1S/C12H18N2O3S/c1-12(7-13-8-12)17-5-11(16)14-4-10(15)9-2-3-18-6-9/h2-3,6,10,13,15H,4-5,7-8H2,1H3,(H,14,16). The molecule has 3 N–H and O–H groups in total. The van der Waals surface area contributed by atoms with Crippen molar-refractivity contribution >= 4 is 17.2 Å². The Morgan fingerprint density at radius 3 is 3.06 bits per heavy atom. The summed E-state index contributed by atoms with van der Waals surface area (Å²) in [7, 11) is 0. The van der Waals surface area contributed by atoms with E-state index in [2.05, 4.69) is 10.6 Å². The monoisotopic (exact) mass is 270 g/mol. The van der Waals surface area contributed by atoms with Crippen molar-refractivity contribution in [3.05, 3.63) is 22.4 Å². The fourth-order valence-corrected chi connectivity index (χ4v) is 2.37. The summed E-state index contributed by atoms with van der Waals surface area (Å²) < 4.78 is 5.50. The van der Waals surface area contributed by atoms with Crippen LogP contribution in [-0.2, 0) is 9.53 Å². The topological polar surface area (TPSA) is 70.6 Å². The zero-order chi connectivity index (χ0) is 13.0. The maximum Gasteiger partial charge on any atom is 0.246 e. The summed E-state index contributed by atoms with van der Waals surface area (Å²) in [5, 5.41) is 19.3. The molecular formula is C12H18N2O3S. The molecule has 1 amide bonds. The first-order chi connectivity index (χ1) is 8.59. The van der Waals surface area contributed by atoms with Crippen molar-refractivity contribution in [2.45, 2.75) is 18.6 Å². The maximum absolute atomic E-state index is 11.5. The number of carbonyl (C=O) groups is 1. The highest BCUT2D eigenvalue weighted by Crippen LogP contribution is 2.16. The summed E-state index contributed by atoms with van der Waals surface area (Å²) in [4.78, 5) is 11.5. The lowest BCUT2D eigenvalue weighted by Crippen LogP contribution is -2.59. The van der Waals surface area contributed by atoms with Gasteiger partial charge in [-0.2, -0.15) is 11.3 Å². The van der Waals surface area contributed by atoms with Gasteiger partial charge in [0.15, 0.2) is 0 Å². The first-order valence-electron chi connectivity index (χ1n) is 5.91. The number of nitrogens with one attached hydrogen (secondary N) is 2. The number of amides is 1. The molecule has 1 aromatic heterocycles. The Bertz CT molecular complexity index is 390. The van der Waals surface area contributed by atoms with E-state index in [4.69, 9.17) is 4.74 Å².